The van der Waals surface area contributed by atoms with Crippen LogP contribution in [-0.2, 0) is 21.5 Å². The summed E-state index contributed by atoms with van der Waals surface area (Å²) in [6.07, 6.45) is 0. The number of nitrogens with zero attached hydrogens (tertiary/aromatic N) is 2. The Morgan fingerprint density at radius 3 is 2.54 bits per heavy atom. The van der Waals surface area contributed by atoms with E-state index in [1.165, 1.54) is 18.9 Å². The van der Waals surface area contributed by atoms with E-state index in [-0.39, 0.29) is 22.8 Å². The van der Waals surface area contributed by atoms with Crippen molar-refractivity contribution in [2.24, 2.45) is 5.92 Å². The molecule has 0 radical (unpaired) electrons. The van der Waals surface area contributed by atoms with Gasteiger partial charge in [0.1, 0.15) is 0 Å². The number of aromatic nitrogens is 2. The van der Waals surface area contributed by atoms with Crippen molar-refractivity contribution < 1.29 is 14.3 Å². The standard InChI is InChI=1S/C20H23N3O4S/c1-20(2,3)15-9-16(24)23-10-13(11-28-19(23)22-15)17(25)21-14-7-5-12(6-8-14)18(26)27-4/h5-9,13H,10-11H2,1-4H3,(H,21,25). The Morgan fingerprint density at radius 1 is 1.25 bits per heavy atom. The van der Waals surface area contributed by atoms with E-state index in [1.807, 2.05) is 20.8 Å². The summed E-state index contributed by atoms with van der Waals surface area (Å²) in [5.74, 6) is -0.403. The Hall–Kier alpha value is -2.61. The predicted molar refractivity (Wildman–Crippen MR) is 108 cm³/mol. The van der Waals surface area contributed by atoms with Gasteiger partial charge in [0, 0.05) is 29.5 Å². The monoisotopic (exact) mass is 401 g/mol. The highest BCUT2D eigenvalue weighted by atomic mass is 32.2. The average molecular weight is 401 g/mol. The van der Waals surface area contributed by atoms with Gasteiger partial charge in [-0.1, -0.05) is 32.5 Å². The van der Waals surface area contributed by atoms with E-state index < -0.39 is 5.97 Å². The molecule has 1 amide bonds. The summed E-state index contributed by atoms with van der Waals surface area (Å²) >= 11 is 1.42. The van der Waals surface area contributed by atoms with Gasteiger partial charge in [0.2, 0.25) is 5.91 Å². The summed E-state index contributed by atoms with van der Waals surface area (Å²) in [6, 6.07) is 8.04. The van der Waals surface area contributed by atoms with Gasteiger partial charge in [0.25, 0.3) is 5.56 Å². The summed E-state index contributed by atoms with van der Waals surface area (Å²) in [4.78, 5) is 41.2. The zero-order chi connectivity index (χ0) is 20.5. The SMILES string of the molecule is COC(=O)c1ccc(NC(=O)C2CSc3nc(C(C)(C)C)cc(=O)n3C2)cc1. The second-order valence-electron chi connectivity index (χ2n) is 7.69. The van der Waals surface area contributed by atoms with Crippen molar-refractivity contribution in [2.45, 2.75) is 37.9 Å². The van der Waals surface area contributed by atoms with Crippen molar-refractivity contribution in [1.82, 2.24) is 9.55 Å². The Kier molecular flexibility index (Phi) is 5.60. The van der Waals surface area contributed by atoms with Crippen molar-refractivity contribution in [3.05, 3.63) is 51.9 Å². The fraction of sp³-hybridized carbons (Fsp3) is 0.400. The number of fused-ring (bicyclic) bond motifs is 1. The number of amides is 1. The number of rotatable bonds is 3. The van der Waals surface area contributed by atoms with Gasteiger partial charge in [-0.3, -0.25) is 14.2 Å². The molecule has 1 N–H and O–H groups in total. The van der Waals surface area contributed by atoms with Gasteiger partial charge in [-0.25, -0.2) is 9.78 Å². The van der Waals surface area contributed by atoms with E-state index in [0.29, 0.717) is 28.7 Å². The zero-order valence-electron chi connectivity index (χ0n) is 16.3. The van der Waals surface area contributed by atoms with Crippen LogP contribution >= 0.6 is 11.8 Å². The van der Waals surface area contributed by atoms with Crippen molar-refractivity contribution in [3.8, 4) is 0 Å². The molecule has 28 heavy (non-hydrogen) atoms. The maximum Gasteiger partial charge on any atom is 0.337 e. The summed E-state index contributed by atoms with van der Waals surface area (Å²) in [5, 5.41) is 3.50. The highest BCUT2D eigenvalue weighted by Crippen LogP contribution is 2.28. The van der Waals surface area contributed by atoms with Crippen molar-refractivity contribution in [2.75, 3.05) is 18.2 Å². The first-order valence-electron chi connectivity index (χ1n) is 8.93. The van der Waals surface area contributed by atoms with E-state index in [0.717, 1.165) is 5.69 Å². The fourth-order valence-corrected chi connectivity index (χ4v) is 3.90. The average Bonchev–Trinajstić information content (AvgIpc) is 2.67. The number of esters is 1. The van der Waals surface area contributed by atoms with Gasteiger partial charge < -0.3 is 10.1 Å². The first-order chi connectivity index (χ1) is 13.2. The van der Waals surface area contributed by atoms with Crippen LogP contribution in [0.25, 0.3) is 0 Å². The van der Waals surface area contributed by atoms with Crippen LogP contribution in [0.15, 0.2) is 40.3 Å². The lowest BCUT2D eigenvalue weighted by atomic mass is 9.92. The number of nitrogens with one attached hydrogen (secondary N) is 1. The second-order valence-corrected chi connectivity index (χ2v) is 8.68. The normalized spacial score (nSPS) is 16.2. The van der Waals surface area contributed by atoms with E-state index in [1.54, 1.807) is 34.9 Å². The van der Waals surface area contributed by atoms with E-state index >= 15 is 0 Å². The Balaban J connectivity index is 1.72. The molecule has 2 aromatic rings. The second kappa shape index (κ2) is 7.79. The molecule has 1 aromatic heterocycles. The molecule has 1 aliphatic rings. The van der Waals surface area contributed by atoms with E-state index in [2.05, 4.69) is 15.0 Å². The van der Waals surface area contributed by atoms with E-state index in [4.69, 9.17) is 0 Å². The van der Waals surface area contributed by atoms with Gasteiger partial charge in [-0.15, -0.1) is 0 Å². The quantitative estimate of drug-likeness (QED) is 0.628. The van der Waals surface area contributed by atoms with Crippen molar-refractivity contribution >= 4 is 29.3 Å². The molecule has 7 nitrogen and oxygen atoms in total. The number of benzene rings is 1. The molecule has 0 bridgehead atoms. The van der Waals surface area contributed by atoms with Crippen LogP contribution in [0.5, 0.6) is 0 Å². The molecule has 0 spiro atoms. The first kappa shape index (κ1) is 20.1. The smallest absolute Gasteiger partial charge is 0.337 e. The number of ether oxygens (including phenoxy) is 1. The molecule has 0 aliphatic carbocycles. The predicted octanol–water partition coefficient (Wildman–Crippen LogP) is 2.69. The molecule has 1 unspecified atom stereocenters. The highest BCUT2D eigenvalue weighted by molar-refractivity contribution is 7.99. The molecule has 1 aliphatic heterocycles. The van der Waals surface area contributed by atoms with Crippen LogP contribution in [0.4, 0.5) is 5.69 Å². The maximum absolute atomic E-state index is 12.6. The molecule has 0 fully saturated rings. The minimum Gasteiger partial charge on any atom is -0.465 e. The van der Waals surface area contributed by atoms with E-state index in [9.17, 15) is 14.4 Å². The lowest BCUT2D eigenvalue weighted by molar-refractivity contribution is -0.119. The van der Waals surface area contributed by atoms with Gasteiger partial charge in [-0.2, -0.15) is 0 Å². The Bertz CT molecular complexity index is 961. The number of anilines is 1. The number of thioether (sulfide) groups is 1. The third-order valence-corrected chi connectivity index (χ3v) is 5.64. The lowest BCUT2D eigenvalue weighted by Crippen LogP contribution is -2.37. The molecule has 8 heteroatoms. The third kappa shape index (κ3) is 4.27. The maximum atomic E-state index is 12.6. The fourth-order valence-electron chi connectivity index (χ4n) is 2.81. The topological polar surface area (TPSA) is 90.3 Å². The molecule has 2 heterocycles. The largest absolute Gasteiger partial charge is 0.465 e. The van der Waals surface area contributed by atoms with Crippen LogP contribution < -0.4 is 10.9 Å². The summed E-state index contributed by atoms with van der Waals surface area (Å²) in [6.45, 7) is 6.34. The first-order valence-corrected chi connectivity index (χ1v) is 9.92. The summed E-state index contributed by atoms with van der Waals surface area (Å²) in [7, 11) is 1.32. The number of methoxy groups -OCH3 is 1. The molecule has 1 atom stereocenters. The molecule has 3 rings (SSSR count). The Labute approximate surface area is 167 Å². The minimum atomic E-state index is -0.431. The van der Waals surface area contributed by atoms with Crippen LogP contribution in [-0.4, -0.2) is 34.3 Å². The van der Waals surface area contributed by atoms with Gasteiger partial charge in [-0.05, 0) is 24.3 Å². The zero-order valence-corrected chi connectivity index (χ0v) is 17.1. The van der Waals surface area contributed by atoms with Crippen LogP contribution in [0.1, 0.15) is 36.8 Å². The van der Waals surface area contributed by atoms with Gasteiger partial charge in [0.15, 0.2) is 5.16 Å². The molecular weight excluding hydrogens is 378 g/mol. The molecule has 148 valence electrons. The summed E-state index contributed by atoms with van der Waals surface area (Å²) in [5.41, 5.74) is 1.41. The lowest BCUT2D eigenvalue weighted by Gasteiger charge is -2.26. The van der Waals surface area contributed by atoms with Crippen LogP contribution in [0.2, 0.25) is 0 Å². The van der Waals surface area contributed by atoms with Crippen molar-refractivity contribution in [3.63, 3.8) is 0 Å². The van der Waals surface area contributed by atoms with Gasteiger partial charge in [0.05, 0.1) is 24.3 Å². The number of hydrogen-bond donors (Lipinski definition) is 1. The number of carbonyl (C=O) groups excluding carboxylic acids is 2. The molecule has 0 saturated carbocycles. The molecule has 1 aromatic carbocycles. The summed E-state index contributed by atoms with van der Waals surface area (Å²) < 4.78 is 6.22. The third-order valence-electron chi connectivity index (χ3n) is 4.50. The van der Waals surface area contributed by atoms with Crippen LogP contribution in [0, 0.1) is 5.92 Å². The number of hydrogen-bond acceptors (Lipinski definition) is 6. The highest BCUT2D eigenvalue weighted by Gasteiger charge is 2.28. The minimum absolute atomic E-state index is 0.137. The molecule has 0 saturated heterocycles. The number of carbonyl (C=O) groups is 2. The van der Waals surface area contributed by atoms with Crippen LogP contribution in [0.3, 0.4) is 0 Å². The Morgan fingerprint density at radius 2 is 1.93 bits per heavy atom. The molecular formula is C20H23N3O4S. The van der Waals surface area contributed by atoms with Gasteiger partial charge >= 0.3 is 5.97 Å². The van der Waals surface area contributed by atoms with Crippen molar-refractivity contribution in [1.29, 1.82) is 0 Å².